The van der Waals surface area contributed by atoms with Crippen molar-refractivity contribution in [1.82, 2.24) is 4.90 Å². The van der Waals surface area contributed by atoms with Gasteiger partial charge in [0.1, 0.15) is 6.04 Å². The highest BCUT2D eigenvalue weighted by Crippen LogP contribution is 2.33. The Hall–Kier alpha value is -1.36. The van der Waals surface area contributed by atoms with Crippen LogP contribution in [0.25, 0.3) is 0 Å². The van der Waals surface area contributed by atoms with Crippen molar-refractivity contribution in [2.75, 3.05) is 5.32 Å². The molecule has 0 aromatic heterocycles. The SMILES string of the molecule is O=C1CC(Nc2ccccc2Br)C(=O)N1C1CC1. The Balaban J connectivity index is 1.76. The van der Waals surface area contributed by atoms with Crippen LogP contribution >= 0.6 is 15.9 Å². The van der Waals surface area contributed by atoms with E-state index in [2.05, 4.69) is 21.2 Å². The second kappa shape index (κ2) is 4.39. The van der Waals surface area contributed by atoms with Gasteiger partial charge in [-0.2, -0.15) is 0 Å². The smallest absolute Gasteiger partial charge is 0.252 e. The van der Waals surface area contributed by atoms with E-state index in [0.717, 1.165) is 23.0 Å². The molecule has 1 saturated carbocycles. The molecule has 2 fully saturated rings. The van der Waals surface area contributed by atoms with Gasteiger partial charge in [0.2, 0.25) is 5.91 Å². The minimum absolute atomic E-state index is 0.0490. The number of hydrogen-bond acceptors (Lipinski definition) is 3. The molecule has 1 atom stereocenters. The van der Waals surface area contributed by atoms with Crippen molar-refractivity contribution in [2.45, 2.75) is 31.3 Å². The number of imide groups is 1. The molecule has 0 bridgehead atoms. The van der Waals surface area contributed by atoms with Gasteiger partial charge in [0, 0.05) is 16.2 Å². The fraction of sp³-hybridized carbons (Fsp3) is 0.385. The van der Waals surface area contributed by atoms with Crippen LogP contribution in [-0.4, -0.2) is 28.8 Å². The van der Waals surface area contributed by atoms with E-state index < -0.39 is 6.04 Å². The van der Waals surface area contributed by atoms with Crippen LogP contribution in [0.3, 0.4) is 0 Å². The highest BCUT2D eigenvalue weighted by molar-refractivity contribution is 9.10. The first-order valence-electron chi connectivity index (χ1n) is 6.04. The van der Waals surface area contributed by atoms with Crippen LogP contribution in [0.4, 0.5) is 5.69 Å². The van der Waals surface area contributed by atoms with Gasteiger partial charge in [-0.25, -0.2) is 0 Å². The Bertz CT molecular complexity index is 513. The number of carbonyl (C=O) groups excluding carboxylic acids is 2. The van der Waals surface area contributed by atoms with E-state index in [4.69, 9.17) is 0 Å². The van der Waals surface area contributed by atoms with Gasteiger partial charge in [-0.15, -0.1) is 0 Å². The summed E-state index contributed by atoms with van der Waals surface area (Å²) >= 11 is 3.42. The summed E-state index contributed by atoms with van der Waals surface area (Å²) in [6.45, 7) is 0. The van der Waals surface area contributed by atoms with Gasteiger partial charge in [0.25, 0.3) is 5.91 Å². The van der Waals surface area contributed by atoms with Gasteiger partial charge in [-0.1, -0.05) is 12.1 Å². The predicted octanol–water partition coefficient (Wildman–Crippen LogP) is 2.15. The van der Waals surface area contributed by atoms with Gasteiger partial charge in [0.05, 0.1) is 6.42 Å². The Morgan fingerprint density at radius 3 is 2.61 bits per heavy atom. The Morgan fingerprint density at radius 1 is 1.22 bits per heavy atom. The number of carbonyl (C=O) groups is 2. The minimum Gasteiger partial charge on any atom is -0.372 e. The zero-order valence-electron chi connectivity index (χ0n) is 9.73. The van der Waals surface area contributed by atoms with Crippen LogP contribution in [0, 0.1) is 0 Å². The lowest BCUT2D eigenvalue weighted by molar-refractivity contribution is -0.139. The summed E-state index contributed by atoms with van der Waals surface area (Å²) in [6, 6.07) is 7.34. The number of para-hydroxylation sites is 1. The second-order valence-electron chi connectivity index (χ2n) is 4.71. The van der Waals surface area contributed by atoms with Crippen molar-refractivity contribution in [3.63, 3.8) is 0 Å². The molecule has 3 rings (SSSR count). The fourth-order valence-corrected chi connectivity index (χ4v) is 2.65. The molecule has 4 nitrogen and oxygen atoms in total. The molecule has 2 aliphatic rings. The molecule has 18 heavy (non-hydrogen) atoms. The molecule has 94 valence electrons. The highest BCUT2D eigenvalue weighted by atomic mass is 79.9. The molecule has 1 aliphatic carbocycles. The molecule has 1 unspecified atom stereocenters. The normalized spacial score (nSPS) is 23.6. The number of rotatable bonds is 3. The standard InChI is InChI=1S/C13H13BrN2O2/c14-9-3-1-2-4-10(9)15-11-7-12(17)16(13(11)18)8-5-6-8/h1-4,8,11,15H,5-7H2. The number of amides is 2. The molecule has 1 aromatic carbocycles. The number of likely N-dealkylation sites (tertiary alicyclic amines) is 1. The molecule has 2 amide bonds. The number of nitrogens with zero attached hydrogens (tertiary/aromatic N) is 1. The molecule has 0 radical (unpaired) electrons. The van der Waals surface area contributed by atoms with Crippen molar-refractivity contribution in [3.05, 3.63) is 28.7 Å². The Morgan fingerprint density at radius 2 is 1.94 bits per heavy atom. The molecule has 1 aromatic rings. The van der Waals surface area contributed by atoms with Crippen molar-refractivity contribution in [3.8, 4) is 0 Å². The third-order valence-corrected chi connectivity index (χ3v) is 3.99. The van der Waals surface area contributed by atoms with E-state index in [0.29, 0.717) is 0 Å². The van der Waals surface area contributed by atoms with Gasteiger partial charge in [0.15, 0.2) is 0 Å². The number of benzene rings is 1. The van der Waals surface area contributed by atoms with Crippen LogP contribution in [0.2, 0.25) is 0 Å². The lowest BCUT2D eigenvalue weighted by Gasteiger charge is -2.15. The van der Waals surface area contributed by atoms with Gasteiger partial charge < -0.3 is 5.32 Å². The summed E-state index contributed by atoms with van der Waals surface area (Å²) in [5.41, 5.74) is 0.848. The van der Waals surface area contributed by atoms with Gasteiger partial charge in [-0.05, 0) is 40.9 Å². The summed E-state index contributed by atoms with van der Waals surface area (Å²) in [7, 11) is 0. The quantitative estimate of drug-likeness (QED) is 0.871. The summed E-state index contributed by atoms with van der Waals surface area (Å²) in [4.78, 5) is 25.4. The topological polar surface area (TPSA) is 49.4 Å². The zero-order chi connectivity index (χ0) is 12.7. The lowest BCUT2D eigenvalue weighted by atomic mass is 10.2. The lowest BCUT2D eigenvalue weighted by Crippen LogP contribution is -2.36. The molecular formula is C13H13BrN2O2. The van der Waals surface area contributed by atoms with Crippen LogP contribution in [-0.2, 0) is 9.59 Å². The van der Waals surface area contributed by atoms with E-state index in [1.807, 2.05) is 24.3 Å². The van der Waals surface area contributed by atoms with Gasteiger partial charge in [-0.3, -0.25) is 14.5 Å². The average Bonchev–Trinajstić information content (AvgIpc) is 3.11. The number of halogens is 1. The van der Waals surface area contributed by atoms with E-state index >= 15 is 0 Å². The predicted molar refractivity (Wildman–Crippen MR) is 71.0 cm³/mol. The van der Waals surface area contributed by atoms with Crippen LogP contribution in [0.1, 0.15) is 19.3 Å². The number of hydrogen-bond donors (Lipinski definition) is 1. The molecule has 0 spiro atoms. The summed E-state index contributed by atoms with van der Waals surface area (Å²) < 4.78 is 0.898. The van der Waals surface area contributed by atoms with Crippen LogP contribution < -0.4 is 5.32 Å². The number of anilines is 1. The maximum Gasteiger partial charge on any atom is 0.252 e. The summed E-state index contributed by atoms with van der Waals surface area (Å²) in [5.74, 6) is -0.134. The van der Waals surface area contributed by atoms with Crippen LogP contribution in [0.5, 0.6) is 0 Å². The summed E-state index contributed by atoms with van der Waals surface area (Å²) in [6.07, 6.45) is 2.18. The zero-order valence-corrected chi connectivity index (χ0v) is 11.3. The summed E-state index contributed by atoms with van der Waals surface area (Å²) in [5, 5.41) is 3.14. The minimum atomic E-state index is -0.420. The molecule has 1 N–H and O–H groups in total. The largest absolute Gasteiger partial charge is 0.372 e. The van der Waals surface area contributed by atoms with Gasteiger partial charge >= 0.3 is 0 Å². The van der Waals surface area contributed by atoms with E-state index in [1.54, 1.807) is 0 Å². The molecule has 1 aliphatic heterocycles. The maximum atomic E-state index is 12.1. The first-order chi connectivity index (χ1) is 8.66. The monoisotopic (exact) mass is 308 g/mol. The third kappa shape index (κ3) is 2.03. The fourth-order valence-electron chi connectivity index (χ4n) is 2.25. The maximum absolute atomic E-state index is 12.1. The van der Waals surface area contributed by atoms with E-state index in [9.17, 15) is 9.59 Å². The Kier molecular flexibility index (Phi) is 2.86. The molecular weight excluding hydrogens is 296 g/mol. The second-order valence-corrected chi connectivity index (χ2v) is 5.57. The van der Waals surface area contributed by atoms with Crippen molar-refractivity contribution in [1.29, 1.82) is 0 Å². The molecule has 1 saturated heterocycles. The third-order valence-electron chi connectivity index (χ3n) is 3.30. The first kappa shape index (κ1) is 11.7. The van der Waals surface area contributed by atoms with Crippen LogP contribution in [0.15, 0.2) is 28.7 Å². The van der Waals surface area contributed by atoms with Crippen molar-refractivity contribution in [2.24, 2.45) is 0 Å². The van der Waals surface area contributed by atoms with E-state index in [1.165, 1.54) is 4.90 Å². The number of nitrogens with one attached hydrogen (secondary N) is 1. The average molecular weight is 309 g/mol. The molecule has 5 heteroatoms. The van der Waals surface area contributed by atoms with E-state index in [-0.39, 0.29) is 24.3 Å². The first-order valence-corrected chi connectivity index (χ1v) is 6.83. The molecule has 1 heterocycles. The Labute approximate surface area is 113 Å². The van der Waals surface area contributed by atoms with Crippen molar-refractivity contribution >= 4 is 33.4 Å². The highest BCUT2D eigenvalue weighted by Gasteiger charge is 2.46. The van der Waals surface area contributed by atoms with Crippen molar-refractivity contribution < 1.29 is 9.59 Å².